The average molecular weight is 246 g/mol. The van der Waals surface area contributed by atoms with Crippen molar-refractivity contribution in [2.45, 2.75) is 13.0 Å². The Hall–Kier alpha value is -1.32. The van der Waals surface area contributed by atoms with Gasteiger partial charge in [0.15, 0.2) is 0 Å². The number of anilines is 1. The van der Waals surface area contributed by atoms with Crippen molar-refractivity contribution in [2.75, 3.05) is 18.5 Å². The van der Waals surface area contributed by atoms with Crippen molar-refractivity contribution in [1.29, 1.82) is 0 Å². The third-order valence-electron chi connectivity index (χ3n) is 2.82. The fraction of sp³-hybridized carbons (Fsp3) is 0.286. The van der Waals surface area contributed by atoms with Crippen LogP contribution in [0.3, 0.4) is 0 Å². The number of para-hydroxylation sites is 1. The van der Waals surface area contributed by atoms with E-state index in [9.17, 15) is 0 Å². The SMILES string of the molecule is CN(Cc1ccsc1)c1ccccc1CCN. The highest BCUT2D eigenvalue weighted by Gasteiger charge is 2.06. The van der Waals surface area contributed by atoms with Crippen LogP contribution < -0.4 is 10.6 Å². The molecule has 90 valence electrons. The van der Waals surface area contributed by atoms with Gasteiger partial charge >= 0.3 is 0 Å². The molecule has 0 amide bonds. The van der Waals surface area contributed by atoms with E-state index in [2.05, 4.69) is 53.0 Å². The fourth-order valence-corrected chi connectivity index (χ4v) is 2.65. The molecule has 0 spiro atoms. The van der Waals surface area contributed by atoms with Gasteiger partial charge in [0, 0.05) is 19.3 Å². The predicted octanol–water partition coefficient (Wildman–Crippen LogP) is 2.89. The highest BCUT2D eigenvalue weighted by Crippen LogP contribution is 2.21. The van der Waals surface area contributed by atoms with E-state index in [-0.39, 0.29) is 0 Å². The van der Waals surface area contributed by atoms with Crippen LogP contribution in [-0.2, 0) is 13.0 Å². The van der Waals surface area contributed by atoms with Gasteiger partial charge in [-0.1, -0.05) is 18.2 Å². The zero-order chi connectivity index (χ0) is 12.1. The minimum absolute atomic E-state index is 0.698. The molecule has 0 atom stereocenters. The van der Waals surface area contributed by atoms with Gasteiger partial charge in [-0.15, -0.1) is 0 Å². The molecule has 2 rings (SSSR count). The van der Waals surface area contributed by atoms with Gasteiger partial charge in [0.2, 0.25) is 0 Å². The van der Waals surface area contributed by atoms with Crippen LogP contribution in [0.25, 0.3) is 0 Å². The maximum Gasteiger partial charge on any atom is 0.0434 e. The summed E-state index contributed by atoms with van der Waals surface area (Å²) in [5.74, 6) is 0. The molecule has 0 bridgehead atoms. The van der Waals surface area contributed by atoms with E-state index in [1.807, 2.05) is 0 Å². The molecule has 1 heterocycles. The first-order valence-electron chi connectivity index (χ1n) is 5.81. The van der Waals surface area contributed by atoms with Gasteiger partial charge in [-0.3, -0.25) is 0 Å². The quantitative estimate of drug-likeness (QED) is 0.879. The molecule has 0 fully saturated rings. The van der Waals surface area contributed by atoms with E-state index >= 15 is 0 Å². The van der Waals surface area contributed by atoms with Gasteiger partial charge in [0.25, 0.3) is 0 Å². The zero-order valence-corrected chi connectivity index (χ0v) is 10.9. The summed E-state index contributed by atoms with van der Waals surface area (Å²) in [6, 6.07) is 10.7. The number of benzene rings is 1. The fourth-order valence-electron chi connectivity index (χ4n) is 1.99. The number of nitrogens with zero attached hydrogens (tertiary/aromatic N) is 1. The third kappa shape index (κ3) is 3.08. The first-order valence-corrected chi connectivity index (χ1v) is 6.75. The minimum atomic E-state index is 0.698. The molecular formula is C14H18N2S. The number of nitrogens with two attached hydrogens (primary N) is 1. The van der Waals surface area contributed by atoms with Crippen LogP contribution in [-0.4, -0.2) is 13.6 Å². The van der Waals surface area contributed by atoms with Crippen molar-refractivity contribution in [3.8, 4) is 0 Å². The summed E-state index contributed by atoms with van der Waals surface area (Å²) in [5.41, 5.74) is 9.62. The second-order valence-electron chi connectivity index (χ2n) is 4.16. The molecular weight excluding hydrogens is 228 g/mol. The molecule has 0 aliphatic carbocycles. The summed E-state index contributed by atoms with van der Waals surface area (Å²) < 4.78 is 0. The Morgan fingerprint density at radius 3 is 2.76 bits per heavy atom. The Kier molecular flexibility index (Phi) is 4.18. The summed E-state index contributed by atoms with van der Waals surface area (Å²) in [4.78, 5) is 2.28. The standard InChI is InChI=1S/C14H18N2S/c1-16(10-12-7-9-17-11-12)14-5-3-2-4-13(14)6-8-15/h2-5,7,9,11H,6,8,10,15H2,1H3. The lowest BCUT2D eigenvalue weighted by Crippen LogP contribution is -2.18. The van der Waals surface area contributed by atoms with E-state index in [0.717, 1.165) is 13.0 Å². The molecule has 0 aliphatic heterocycles. The second-order valence-corrected chi connectivity index (χ2v) is 4.94. The Morgan fingerprint density at radius 2 is 2.06 bits per heavy atom. The summed E-state index contributed by atoms with van der Waals surface area (Å²) in [5, 5.41) is 4.32. The average Bonchev–Trinajstić information content (AvgIpc) is 2.83. The molecule has 2 aromatic rings. The molecule has 2 N–H and O–H groups in total. The first-order chi connectivity index (χ1) is 8.31. The topological polar surface area (TPSA) is 29.3 Å². The van der Waals surface area contributed by atoms with Crippen LogP contribution in [0.5, 0.6) is 0 Å². The first kappa shape index (κ1) is 12.1. The van der Waals surface area contributed by atoms with E-state index in [1.54, 1.807) is 11.3 Å². The molecule has 1 aromatic heterocycles. The summed E-state index contributed by atoms with van der Waals surface area (Å²) >= 11 is 1.74. The second kappa shape index (κ2) is 5.84. The van der Waals surface area contributed by atoms with E-state index < -0.39 is 0 Å². The molecule has 0 radical (unpaired) electrons. The summed E-state index contributed by atoms with van der Waals surface area (Å²) in [6.45, 7) is 1.65. The molecule has 1 aromatic carbocycles. The summed E-state index contributed by atoms with van der Waals surface area (Å²) in [6.07, 6.45) is 0.935. The normalized spacial score (nSPS) is 10.5. The number of thiophene rings is 1. The van der Waals surface area contributed by atoms with Crippen LogP contribution in [0, 0.1) is 0 Å². The number of rotatable bonds is 5. The van der Waals surface area contributed by atoms with E-state index in [0.29, 0.717) is 6.54 Å². The van der Waals surface area contributed by atoms with Crippen LogP contribution in [0.15, 0.2) is 41.1 Å². The van der Waals surface area contributed by atoms with Crippen LogP contribution in [0.1, 0.15) is 11.1 Å². The Morgan fingerprint density at radius 1 is 1.24 bits per heavy atom. The monoisotopic (exact) mass is 246 g/mol. The van der Waals surface area contributed by atoms with Crippen molar-refractivity contribution in [1.82, 2.24) is 0 Å². The number of hydrogen-bond donors (Lipinski definition) is 1. The molecule has 2 nitrogen and oxygen atoms in total. The molecule has 3 heteroatoms. The van der Waals surface area contributed by atoms with Crippen LogP contribution in [0.2, 0.25) is 0 Å². The van der Waals surface area contributed by atoms with Gasteiger partial charge in [-0.2, -0.15) is 11.3 Å². The van der Waals surface area contributed by atoms with Crippen molar-refractivity contribution < 1.29 is 0 Å². The van der Waals surface area contributed by atoms with E-state index in [1.165, 1.54) is 16.8 Å². The smallest absolute Gasteiger partial charge is 0.0434 e. The van der Waals surface area contributed by atoms with Gasteiger partial charge in [-0.05, 0) is 47.0 Å². The Labute approximate surface area is 107 Å². The number of hydrogen-bond acceptors (Lipinski definition) is 3. The third-order valence-corrected chi connectivity index (χ3v) is 3.55. The van der Waals surface area contributed by atoms with Crippen LogP contribution in [0.4, 0.5) is 5.69 Å². The van der Waals surface area contributed by atoms with Crippen LogP contribution >= 0.6 is 11.3 Å². The highest BCUT2D eigenvalue weighted by molar-refractivity contribution is 7.07. The molecule has 0 aliphatic rings. The molecule has 0 saturated heterocycles. The highest BCUT2D eigenvalue weighted by atomic mass is 32.1. The summed E-state index contributed by atoms with van der Waals surface area (Å²) in [7, 11) is 2.13. The lowest BCUT2D eigenvalue weighted by Gasteiger charge is -2.22. The minimum Gasteiger partial charge on any atom is -0.370 e. The van der Waals surface area contributed by atoms with E-state index in [4.69, 9.17) is 5.73 Å². The molecule has 0 unspecified atom stereocenters. The Balaban J connectivity index is 2.15. The Bertz CT molecular complexity index is 451. The van der Waals surface area contributed by atoms with Gasteiger partial charge in [-0.25, -0.2) is 0 Å². The van der Waals surface area contributed by atoms with Gasteiger partial charge in [0.1, 0.15) is 0 Å². The largest absolute Gasteiger partial charge is 0.370 e. The maximum atomic E-state index is 5.65. The predicted molar refractivity (Wildman–Crippen MR) is 75.6 cm³/mol. The zero-order valence-electron chi connectivity index (χ0n) is 10.1. The van der Waals surface area contributed by atoms with Gasteiger partial charge < -0.3 is 10.6 Å². The van der Waals surface area contributed by atoms with Crippen molar-refractivity contribution >= 4 is 17.0 Å². The lowest BCUT2D eigenvalue weighted by atomic mass is 10.1. The lowest BCUT2D eigenvalue weighted by molar-refractivity contribution is 0.895. The molecule has 17 heavy (non-hydrogen) atoms. The molecule has 0 saturated carbocycles. The van der Waals surface area contributed by atoms with Crippen molar-refractivity contribution in [2.24, 2.45) is 5.73 Å². The van der Waals surface area contributed by atoms with Crippen molar-refractivity contribution in [3.05, 3.63) is 52.2 Å². The van der Waals surface area contributed by atoms with Crippen molar-refractivity contribution in [3.63, 3.8) is 0 Å². The van der Waals surface area contributed by atoms with Gasteiger partial charge in [0.05, 0.1) is 0 Å². The maximum absolute atomic E-state index is 5.65.